The third kappa shape index (κ3) is 3.17. The van der Waals surface area contributed by atoms with Crippen molar-refractivity contribution in [1.29, 1.82) is 0 Å². The molecule has 0 spiro atoms. The number of nitrogens with one attached hydrogen (secondary N) is 1. The molecule has 148 valence electrons. The number of furan rings is 1. The van der Waals surface area contributed by atoms with E-state index in [1.807, 2.05) is 0 Å². The fourth-order valence-electron chi connectivity index (χ4n) is 3.82. The Labute approximate surface area is 162 Å². The van der Waals surface area contributed by atoms with Crippen LogP contribution in [0.25, 0.3) is 11.1 Å². The van der Waals surface area contributed by atoms with E-state index in [0.717, 1.165) is 32.2 Å². The second-order valence-corrected chi connectivity index (χ2v) is 7.49. The molecule has 8 nitrogen and oxygen atoms in total. The number of fused-ring (bicyclic) bond motifs is 1. The Balaban J connectivity index is 1.77. The molecule has 8 heteroatoms. The fraction of sp³-hybridized carbons (Fsp3) is 0.500. The predicted molar refractivity (Wildman–Crippen MR) is 103 cm³/mol. The van der Waals surface area contributed by atoms with Crippen LogP contribution < -0.4 is 10.9 Å². The summed E-state index contributed by atoms with van der Waals surface area (Å²) in [5.74, 6) is -0.526. The molecule has 2 aromatic heterocycles. The number of nitrogens with zero attached hydrogens (tertiary/aromatic N) is 3. The van der Waals surface area contributed by atoms with Crippen molar-refractivity contribution in [3.05, 3.63) is 40.7 Å². The predicted octanol–water partition coefficient (Wildman–Crippen LogP) is 1.61. The van der Waals surface area contributed by atoms with Gasteiger partial charge in [0.25, 0.3) is 11.5 Å². The first-order valence-electron chi connectivity index (χ1n) is 9.70. The van der Waals surface area contributed by atoms with E-state index in [1.54, 1.807) is 13.0 Å². The summed E-state index contributed by atoms with van der Waals surface area (Å²) in [5, 5.41) is 3.36. The zero-order valence-corrected chi connectivity index (χ0v) is 15.9. The Bertz CT molecular complexity index is 996. The van der Waals surface area contributed by atoms with Crippen molar-refractivity contribution in [3.8, 4) is 0 Å². The maximum absolute atomic E-state index is 13.5. The number of carbonyl (C=O) groups excluding carboxylic acids is 2. The standard InChI is InChI=1S/C20H24N4O4/c1-3-9-23-11-22-17-16(19(23)26)15(12(2)28-17)20(27)24(14-6-7-14)18(25)13-5-4-8-21-10-13/h3,11,13-14,21H,1,4-10H2,2H3. The molecule has 1 saturated heterocycles. The Hall–Kier alpha value is -2.74. The third-order valence-corrected chi connectivity index (χ3v) is 5.41. The van der Waals surface area contributed by atoms with Gasteiger partial charge in [-0.3, -0.25) is 23.9 Å². The topological polar surface area (TPSA) is 97.4 Å². The molecule has 2 aromatic rings. The molecule has 0 bridgehead atoms. The van der Waals surface area contributed by atoms with E-state index in [9.17, 15) is 14.4 Å². The molecular formula is C20H24N4O4. The van der Waals surface area contributed by atoms with Crippen molar-refractivity contribution in [2.24, 2.45) is 5.92 Å². The van der Waals surface area contributed by atoms with E-state index >= 15 is 0 Å². The summed E-state index contributed by atoms with van der Waals surface area (Å²) in [6.07, 6.45) is 6.23. The molecule has 0 aromatic carbocycles. The van der Waals surface area contributed by atoms with Crippen LogP contribution in [-0.2, 0) is 11.3 Å². The number of rotatable bonds is 5. The van der Waals surface area contributed by atoms with Crippen molar-refractivity contribution in [3.63, 3.8) is 0 Å². The SMILES string of the molecule is C=CCn1cnc2oc(C)c(C(=O)N(C(=O)C3CCCNC3)C3CC3)c2c1=O. The number of aromatic nitrogens is 2. The summed E-state index contributed by atoms with van der Waals surface area (Å²) < 4.78 is 6.96. The van der Waals surface area contributed by atoms with E-state index < -0.39 is 5.91 Å². The summed E-state index contributed by atoms with van der Waals surface area (Å²) in [7, 11) is 0. The molecule has 1 saturated carbocycles. The van der Waals surface area contributed by atoms with Crippen molar-refractivity contribution in [1.82, 2.24) is 19.8 Å². The molecule has 1 aliphatic heterocycles. The van der Waals surface area contributed by atoms with E-state index in [1.165, 1.54) is 15.8 Å². The summed E-state index contributed by atoms with van der Waals surface area (Å²) >= 11 is 0. The Morgan fingerprint density at radius 1 is 1.43 bits per heavy atom. The lowest BCUT2D eigenvalue weighted by atomic mass is 9.97. The van der Waals surface area contributed by atoms with Gasteiger partial charge in [0.15, 0.2) is 0 Å². The van der Waals surface area contributed by atoms with E-state index in [4.69, 9.17) is 4.42 Å². The average Bonchev–Trinajstić information content (AvgIpc) is 3.46. The van der Waals surface area contributed by atoms with Crippen molar-refractivity contribution in [2.45, 2.75) is 45.2 Å². The number of allylic oxidation sites excluding steroid dienone is 1. The second-order valence-electron chi connectivity index (χ2n) is 7.49. The summed E-state index contributed by atoms with van der Waals surface area (Å²) in [4.78, 5) is 45.0. The van der Waals surface area contributed by atoms with Gasteiger partial charge in [0.2, 0.25) is 11.6 Å². The molecule has 1 atom stereocenters. The first-order valence-corrected chi connectivity index (χ1v) is 9.70. The number of hydrogen-bond donors (Lipinski definition) is 1. The highest BCUT2D eigenvalue weighted by Gasteiger charge is 2.42. The fourth-order valence-corrected chi connectivity index (χ4v) is 3.82. The van der Waals surface area contributed by atoms with Crippen LogP contribution in [0.15, 0.2) is 28.2 Å². The third-order valence-electron chi connectivity index (χ3n) is 5.41. The number of amides is 2. The maximum atomic E-state index is 13.5. The lowest BCUT2D eigenvalue weighted by Crippen LogP contribution is -2.47. The van der Waals surface area contributed by atoms with Gasteiger partial charge in [0.05, 0.1) is 11.5 Å². The highest BCUT2D eigenvalue weighted by molar-refractivity contribution is 6.12. The van der Waals surface area contributed by atoms with Crippen molar-refractivity contribution < 1.29 is 14.0 Å². The molecule has 2 fully saturated rings. The lowest BCUT2D eigenvalue weighted by molar-refractivity contribution is -0.133. The number of hydrogen-bond acceptors (Lipinski definition) is 6. The van der Waals surface area contributed by atoms with Crippen LogP contribution >= 0.6 is 0 Å². The molecule has 28 heavy (non-hydrogen) atoms. The van der Waals surface area contributed by atoms with Gasteiger partial charge in [-0.2, -0.15) is 0 Å². The van der Waals surface area contributed by atoms with Gasteiger partial charge in [0.1, 0.15) is 17.5 Å². The molecular weight excluding hydrogens is 360 g/mol. The molecule has 3 heterocycles. The number of piperidine rings is 1. The second kappa shape index (κ2) is 7.35. The maximum Gasteiger partial charge on any atom is 0.265 e. The van der Waals surface area contributed by atoms with Gasteiger partial charge in [-0.15, -0.1) is 6.58 Å². The summed E-state index contributed by atoms with van der Waals surface area (Å²) in [5.41, 5.74) is -0.101. The smallest absolute Gasteiger partial charge is 0.265 e. The van der Waals surface area contributed by atoms with Crippen molar-refractivity contribution >= 4 is 22.9 Å². The van der Waals surface area contributed by atoms with Gasteiger partial charge in [0, 0.05) is 19.1 Å². The first kappa shape index (κ1) is 18.6. The van der Waals surface area contributed by atoms with Gasteiger partial charge in [-0.1, -0.05) is 6.08 Å². The highest BCUT2D eigenvalue weighted by Crippen LogP contribution is 2.33. The van der Waals surface area contributed by atoms with E-state index in [-0.39, 0.29) is 46.6 Å². The van der Waals surface area contributed by atoms with E-state index in [2.05, 4.69) is 16.9 Å². The zero-order chi connectivity index (χ0) is 19.8. The van der Waals surface area contributed by atoms with Crippen LogP contribution in [-0.4, -0.2) is 45.4 Å². The molecule has 0 radical (unpaired) electrons. The van der Waals surface area contributed by atoms with Gasteiger partial charge >= 0.3 is 0 Å². The van der Waals surface area contributed by atoms with Gasteiger partial charge < -0.3 is 9.73 Å². The molecule has 2 aliphatic rings. The highest BCUT2D eigenvalue weighted by atomic mass is 16.3. The van der Waals surface area contributed by atoms with E-state index in [0.29, 0.717) is 12.3 Å². The van der Waals surface area contributed by atoms with Crippen LogP contribution in [0.5, 0.6) is 0 Å². The molecule has 1 N–H and O–H groups in total. The van der Waals surface area contributed by atoms with Crippen LogP contribution in [0.2, 0.25) is 0 Å². The largest absolute Gasteiger partial charge is 0.442 e. The molecule has 1 unspecified atom stereocenters. The lowest BCUT2D eigenvalue weighted by Gasteiger charge is -2.28. The van der Waals surface area contributed by atoms with Gasteiger partial charge in [-0.05, 0) is 39.2 Å². The summed E-state index contributed by atoms with van der Waals surface area (Å²) in [6.45, 7) is 7.01. The molecule has 2 amide bonds. The molecule has 4 rings (SSSR count). The van der Waals surface area contributed by atoms with Gasteiger partial charge in [-0.25, -0.2) is 4.98 Å². The quantitative estimate of drug-likeness (QED) is 0.621. The number of imide groups is 1. The Morgan fingerprint density at radius 3 is 2.86 bits per heavy atom. The average molecular weight is 384 g/mol. The molecule has 1 aliphatic carbocycles. The first-order chi connectivity index (χ1) is 13.5. The van der Waals surface area contributed by atoms with Crippen LogP contribution in [0.1, 0.15) is 41.8 Å². The van der Waals surface area contributed by atoms with Crippen LogP contribution in [0.4, 0.5) is 0 Å². The van der Waals surface area contributed by atoms with Crippen molar-refractivity contribution in [2.75, 3.05) is 13.1 Å². The number of aryl methyl sites for hydroxylation is 1. The normalized spacial score (nSPS) is 19.5. The zero-order valence-electron chi connectivity index (χ0n) is 15.9. The van der Waals surface area contributed by atoms with Crippen LogP contribution in [0, 0.1) is 12.8 Å². The Morgan fingerprint density at radius 2 is 2.21 bits per heavy atom. The minimum atomic E-state index is -0.454. The monoisotopic (exact) mass is 384 g/mol. The minimum Gasteiger partial charge on any atom is -0.442 e. The number of carbonyl (C=O) groups is 2. The summed E-state index contributed by atoms with van der Waals surface area (Å²) in [6, 6.07) is -0.0988. The Kier molecular flexibility index (Phi) is 4.89. The minimum absolute atomic E-state index is 0.0988. The van der Waals surface area contributed by atoms with Crippen LogP contribution in [0.3, 0.4) is 0 Å².